The van der Waals surface area contributed by atoms with E-state index in [0.29, 0.717) is 18.2 Å². The third kappa shape index (κ3) is 3.78. The highest BCUT2D eigenvalue weighted by Crippen LogP contribution is 2.21. The molecular weight excluding hydrogens is 303 g/mol. The lowest BCUT2D eigenvalue weighted by Gasteiger charge is -2.38. The molecule has 0 spiro atoms. The Hall–Kier alpha value is -2.29. The Morgan fingerprint density at radius 1 is 1.25 bits per heavy atom. The monoisotopic (exact) mass is 324 g/mol. The zero-order valence-electron chi connectivity index (χ0n) is 13.8. The molecule has 0 radical (unpaired) electrons. The van der Waals surface area contributed by atoms with E-state index in [1.165, 1.54) is 17.7 Å². The smallest absolute Gasteiger partial charge is 0.124 e. The molecular formula is C19H21FN4. The van der Waals surface area contributed by atoms with Crippen molar-refractivity contribution in [3.63, 3.8) is 0 Å². The molecule has 1 saturated heterocycles. The fourth-order valence-electron chi connectivity index (χ4n) is 3.17. The van der Waals surface area contributed by atoms with E-state index in [4.69, 9.17) is 5.26 Å². The minimum absolute atomic E-state index is 0.348. The number of nitriles is 1. The van der Waals surface area contributed by atoms with Gasteiger partial charge in [0.1, 0.15) is 5.82 Å². The van der Waals surface area contributed by atoms with Crippen molar-refractivity contribution in [2.45, 2.75) is 19.5 Å². The van der Waals surface area contributed by atoms with Crippen LogP contribution in [0.25, 0.3) is 0 Å². The van der Waals surface area contributed by atoms with Crippen molar-refractivity contribution in [3.05, 3.63) is 65.2 Å². The highest BCUT2D eigenvalue weighted by molar-refractivity contribution is 5.37. The number of aromatic nitrogens is 1. The molecule has 2 aromatic rings. The van der Waals surface area contributed by atoms with E-state index < -0.39 is 0 Å². The zero-order chi connectivity index (χ0) is 16.9. The predicted molar refractivity (Wildman–Crippen MR) is 90.6 cm³/mol. The van der Waals surface area contributed by atoms with Gasteiger partial charge in [-0.1, -0.05) is 12.1 Å². The van der Waals surface area contributed by atoms with Gasteiger partial charge in [0, 0.05) is 51.2 Å². The van der Waals surface area contributed by atoms with E-state index in [1.807, 2.05) is 12.3 Å². The molecule has 0 saturated carbocycles. The minimum Gasteiger partial charge on any atom is -0.296 e. The zero-order valence-corrected chi connectivity index (χ0v) is 13.8. The first kappa shape index (κ1) is 16.6. The number of halogens is 1. The Morgan fingerprint density at radius 2 is 2.04 bits per heavy atom. The average Bonchev–Trinajstić information content (AvgIpc) is 2.64. The first-order valence-electron chi connectivity index (χ1n) is 8.22. The van der Waals surface area contributed by atoms with Crippen LogP contribution in [0.1, 0.15) is 29.7 Å². The molecule has 124 valence electrons. The molecule has 1 aromatic carbocycles. The molecule has 24 heavy (non-hydrogen) atoms. The second kappa shape index (κ2) is 7.52. The Labute approximate surface area is 142 Å². The summed E-state index contributed by atoms with van der Waals surface area (Å²) in [4.78, 5) is 8.97. The van der Waals surface area contributed by atoms with Crippen molar-refractivity contribution >= 4 is 0 Å². The van der Waals surface area contributed by atoms with Crippen LogP contribution in [0.2, 0.25) is 0 Å². The van der Waals surface area contributed by atoms with Crippen LogP contribution in [-0.4, -0.2) is 41.0 Å². The third-order valence-corrected chi connectivity index (χ3v) is 4.71. The largest absolute Gasteiger partial charge is 0.296 e. The lowest BCUT2D eigenvalue weighted by Crippen LogP contribution is -2.46. The maximum absolute atomic E-state index is 13.2. The van der Waals surface area contributed by atoms with Crippen LogP contribution in [0.4, 0.5) is 4.39 Å². The number of rotatable bonds is 4. The second-order valence-electron chi connectivity index (χ2n) is 6.19. The van der Waals surface area contributed by atoms with Gasteiger partial charge in [0.25, 0.3) is 0 Å². The Bertz CT molecular complexity index is 718. The van der Waals surface area contributed by atoms with Gasteiger partial charge in [0.2, 0.25) is 0 Å². The summed E-state index contributed by atoms with van der Waals surface area (Å²) in [6.45, 7) is 6.72. The minimum atomic E-state index is -0.356. The number of hydrogen-bond donors (Lipinski definition) is 0. The van der Waals surface area contributed by atoms with Crippen LogP contribution in [0.5, 0.6) is 0 Å². The van der Waals surface area contributed by atoms with Gasteiger partial charge in [-0.2, -0.15) is 5.26 Å². The molecule has 1 aromatic heterocycles. The highest BCUT2D eigenvalue weighted by atomic mass is 19.1. The molecule has 1 aliphatic heterocycles. The number of pyridine rings is 1. The molecule has 0 aliphatic carbocycles. The maximum Gasteiger partial charge on any atom is 0.124 e. The highest BCUT2D eigenvalue weighted by Gasteiger charge is 2.22. The van der Waals surface area contributed by atoms with E-state index in [1.54, 1.807) is 12.3 Å². The fourth-order valence-corrected chi connectivity index (χ4v) is 3.17. The summed E-state index contributed by atoms with van der Waals surface area (Å²) in [5, 5.41) is 9.16. The summed E-state index contributed by atoms with van der Waals surface area (Å²) in [6, 6.07) is 11.0. The van der Waals surface area contributed by atoms with Gasteiger partial charge < -0.3 is 0 Å². The molecule has 5 heteroatoms. The van der Waals surface area contributed by atoms with Gasteiger partial charge in [-0.15, -0.1) is 0 Å². The molecule has 0 amide bonds. The van der Waals surface area contributed by atoms with Gasteiger partial charge in [-0.25, -0.2) is 4.39 Å². The summed E-state index contributed by atoms with van der Waals surface area (Å²) in [6.07, 6.45) is 3.72. The predicted octanol–water partition coefficient (Wildman–Crippen LogP) is 2.97. The molecule has 1 fully saturated rings. The van der Waals surface area contributed by atoms with Gasteiger partial charge >= 0.3 is 0 Å². The normalized spacial score (nSPS) is 17.4. The molecule has 1 aliphatic rings. The first-order chi connectivity index (χ1) is 11.7. The SMILES string of the molecule is CC(c1cccnc1)N1CCN(Cc2ccc(F)cc2C#N)CC1. The van der Waals surface area contributed by atoms with E-state index >= 15 is 0 Å². The molecule has 4 nitrogen and oxygen atoms in total. The molecule has 0 N–H and O–H groups in total. The summed E-state index contributed by atoms with van der Waals surface area (Å²) in [5.41, 5.74) is 2.56. The molecule has 0 bridgehead atoms. The van der Waals surface area contributed by atoms with E-state index in [2.05, 4.69) is 33.8 Å². The number of piperazine rings is 1. The lowest BCUT2D eigenvalue weighted by atomic mass is 10.1. The second-order valence-corrected chi connectivity index (χ2v) is 6.19. The van der Waals surface area contributed by atoms with E-state index in [0.717, 1.165) is 31.7 Å². The number of benzene rings is 1. The van der Waals surface area contributed by atoms with E-state index in [-0.39, 0.29) is 5.82 Å². The first-order valence-corrected chi connectivity index (χ1v) is 8.22. The Morgan fingerprint density at radius 3 is 2.71 bits per heavy atom. The van der Waals surface area contributed by atoms with E-state index in [9.17, 15) is 4.39 Å². The van der Waals surface area contributed by atoms with Crippen molar-refractivity contribution in [1.82, 2.24) is 14.8 Å². The standard InChI is InChI=1S/C19H21FN4/c1-15(16-3-2-6-22-13-16)24-9-7-23(8-10-24)14-17-4-5-19(20)11-18(17)12-21/h2-6,11,13,15H,7-10,14H2,1H3. The van der Waals surface area contributed by atoms with Crippen molar-refractivity contribution < 1.29 is 4.39 Å². The molecule has 1 unspecified atom stereocenters. The lowest BCUT2D eigenvalue weighted by molar-refractivity contribution is 0.0977. The van der Waals surface area contributed by atoms with Crippen LogP contribution in [-0.2, 0) is 6.54 Å². The topological polar surface area (TPSA) is 43.2 Å². The Balaban J connectivity index is 1.59. The van der Waals surface area contributed by atoms with Crippen LogP contribution in [0.15, 0.2) is 42.7 Å². The summed E-state index contributed by atoms with van der Waals surface area (Å²) >= 11 is 0. The van der Waals surface area contributed by atoms with Crippen molar-refractivity contribution in [1.29, 1.82) is 5.26 Å². The molecule has 3 rings (SSSR count). The molecule has 1 atom stereocenters. The number of nitrogens with zero attached hydrogens (tertiary/aromatic N) is 4. The molecule has 2 heterocycles. The quantitative estimate of drug-likeness (QED) is 0.867. The number of hydrogen-bond acceptors (Lipinski definition) is 4. The summed E-state index contributed by atoms with van der Waals surface area (Å²) in [5.74, 6) is -0.356. The van der Waals surface area contributed by atoms with Crippen LogP contribution >= 0.6 is 0 Å². The van der Waals surface area contributed by atoms with Crippen LogP contribution in [0.3, 0.4) is 0 Å². The van der Waals surface area contributed by atoms with Crippen molar-refractivity contribution in [3.8, 4) is 6.07 Å². The van der Waals surface area contributed by atoms with Gasteiger partial charge in [-0.05, 0) is 36.2 Å². The average molecular weight is 324 g/mol. The summed E-state index contributed by atoms with van der Waals surface area (Å²) in [7, 11) is 0. The third-order valence-electron chi connectivity index (χ3n) is 4.71. The van der Waals surface area contributed by atoms with Crippen LogP contribution < -0.4 is 0 Å². The van der Waals surface area contributed by atoms with Crippen molar-refractivity contribution in [2.75, 3.05) is 26.2 Å². The maximum atomic E-state index is 13.2. The fraction of sp³-hybridized carbons (Fsp3) is 0.368. The Kier molecular flexibility index (Phi) is 5.19. The van der Waals surface area contributed by atoms with Gasteiger partial charge in [0.05, 0.1) is 11.6 Å². The van der Waals surface area contributed by atoms with Gasteiger partial charge in [-0.3, -0.25) is 14.8 Å². The van der Waals surface area contributed by atoms with Gasteiger partial charge in [0.15, 0.2) is 0 Å². The van der Waals surface area contributed by atoms with Crippen molar-refractivity contribution in [2.24, 2.45) is 0 Å². The van der Waals surface area contributed by atoms with Crippen LogP contribution in [0, 0.1) is 17.1 Å². The summed E-state index contributed by atoms with van der Waals surface area (Å²) < 4.78 is 13.2.